The van der Waals surface area contributed by atoms with Gasteiger partial charge in [-0.3, -0.25) is 0 Å². The molecule has 2 N–H and O–H groups in total. The molecule has 0 aromatic heterocycles. The van der Waals surface area contributed by atoms with Crippen LogP contribution in [0.2, 0.25) is 25.1 Å². The van der Waals surface area contributed by atoms with Gasteiger partial charge in [0.1, 0.15) is 0 Å². The first-order valence-electron chi connectivity index (χ1n) is 5.54. The van der Waals surface area contributed by atoms with Crippen LogP contribution >= 0.6 is 58.0 Å². The minimum absolute atomic E-state index is 0.228. The van der Waals surface area contributed by atoms with Crippen molar-refractivity contribution in [3.63, 3.8) is 0 Å². The van der Waals surface area contributed by atoms with E-state index in [1.54, 1.807) is 18.2 Å². The van der Waals surface area contributed by atoms with Crippen molar-refractivity contribution in [3.8, 4) is 0 Å². The van der Waals surface area contributed by atoms with E-state index in [2.05, 4.69) is 10.6 Å². The Hall–Kier alpha value is -0.840. The molecular weight excluding hydrogens is 377 g/mol. The number of carbonyl (C=O) groups excluding carboxylic acids is 1. The lowest BCUT2D eigenvalue weighted by Crippen LogP contribution is -2.19. The van der Waals surface area contributed by atoms with Gasteiger partial charge in [-0.2, -0.15) is 0 Å². The van der Waals surface area contributed by atoms with E-state index in [1.807, 2.05) is 0 Å². The zero-order valence-electron chi connectivity index (χ0n) is 10.2. The van der Waals surface area contributed by atoms with Gasteiger partial charge in [0.15, 0.2) is 0 Å². The second kappa shape index (κ2) is 6.95. The van der Waals surface area contributed by atoms with Crippen molar-refractivity contribution in [2.24, 2.45) is 0 Å². The second-order valence-electron chi connectivity index (χ2n) is 3.99. The maximum atomic E-state index is 11.9. The van der Waals surface area contributed by atoms with E-state index >= 15 is 0 Å². The topological polar surface area (TPSA) is 41.1 Å². The summed E-state index contributed by atoms with van der Waals surface area (Å²) in [5, 5.41) is 6.70. The van der Waals surface area contributed by atoms with Crippen molar-refractivity contribution >= 4 is 75.4 Å². The monoisotopic (exact) mass is 382 g/mol. The Labute approximate surface area is 146 Å². The standard InChI is InChI=1S/C13H7Cl5N2O/c14-6-1-7(15)3-8(2-6)19-13(21)20-9-4-10(16)12(18)11(17)5-9/h1-5H,(H2,19,20,21). The maximum absolute atomic E-state index is 11.9. The molecule has 2 aromatic carbocycles. The van der Waals surface area contributed by atoms with Crippen LogP contribution < -0.4 is 10.6 Å². The van der Waals surface area contributed by atoms with E-state index in [-0.39, 0.29) is 15.1 Å². The molecule has 8 heteroatoms. The quantitative estimate of drug-likeness (QED) is 0.563. The lowest BCUT2D eigenvalue weighted by molar-refractivity contribution is 0.262. The molecule has 21 heavy (non-hydrogen) atoms. The summed E-state index contributed by atoms with van der Waals surface area (Å²) in [6.07, 6.45) is 0. The molecule has 0 fully saturated rings. The van der Waals surface area contributed by atoms with Gasteiger partial charge in [0.2, 0.25) is 0 Å². The summed E-state index contributed by atoms with van der Waals surface area (Å²) in [4.78, 5) is 11.9. The number of nitrogens with one attached hydrogen (secondary N) is 2. The highest BCUT2D eigenvalue weighted by Crippen LogP contribution is 2.33. The second-order valence-corrected chi connectivity index (χ2v) is 6.06. The highest BCUT2D eigenvalue weighted by atomic mass is 35.5. The van der Waals surface area contributed by atoms with Crippen LogP contribution in [0, 0.1) is 0 Å². The van der Waals surface area contributed by atoms with E-state index in [4.69, 9.17) is 58.0 Å². The summed E-state index contributed by atoms with van der Waals surface area (Å²) in [5.41, 5.74) is 0.858. The molecule has 0 unspecified atom stereocenters. The Kier molecular flexibility index (Phi) is 5.47. The Morgan fingerprint density at radius 1 is 0.714 bits per heavy atom. The molecular formula is C13H7Cl5N2O. The first kappa shape index (κ1) is 16.5. The van der Waals surface area contributed by atoms with Crippen molar-refractivity contribution in [1.29, 1.82) is 0 Å². The lowest BCUT2D eigenvalue weighted by Gasteiger charge is -2.10. The molecule has 2 amide bonds. The van der Waals surface area contributed by atoms with Gasteiger partial charge in [-0.25, -0.2) is 4.79 Å². The molecule has 0 heterocycles. The number of rotatable bonds is 2. The van der Waals surface area contributed by atoms with Crippen LogP contribution in [0.15, 0.2) is 30.3 Å². The number of hydrogen-bond donors (Lipinski definition) is 2. The molecule has 0 atom stereocenters. The van der Waals surface area contributed by atoms with Crippen LogP contribution in [0.4, 0.5) is 16.2 Å². The van der Waals surface area contributed by atoms with Crippen molar-refractivity contribution in [2.45, 2.75) is 0 Å². The Morgan fingerprint density at radius 3 is 1.62 bits per heavy atom. The fourth-order valence-corrected chi connectivity index (χ4v) is 2.67. The van der Waals surface area contributed by atoms with Gasteiger partial charge in [-0.1, -0.05) is 58.0 Å². The van der Waals surface area contributed by atoms with E-state index in [0.717, 1.165) is 0 Å². The SMILES string of the molecule is O=C(Nc1cc(Cl)cc(Cl)c1)Nc1cc(Cl)c(Cl)c(Cl)c1. The minimum atomic E-state index is -0.497. The predicted molar refractivity (Wildman–Crippen MR) is 90.6 cm³/mol. The van der Waals surface area contributed by atoms with Crippen molar-refractivity contribution in [1.82, 2.24) is 0 Å². The number of amides is 2. The first-order chi connectivity index (χ1) is 9.85. The molecule has 110 valence electrons. The number of halogens is 5. The summed E-state index contributed by atoms with van der Waals surface area (Å²) in [6, 6.07) is 7.16. The zero-order chi connectivity index (χ0) is 15.6. The summed E-state index contributed by atoms with van der Waals surface area (Å²) < 4.78 is 0. The third kappa shape index (κ3) is 4.56. The Balaban J connectivity index is 2.11. The van der Waals surface area contributed by atoms with Crippen molar-refractivity contribution < 1.29 is 4.79 Å². The first-order valence-corrected chi connectivity index (χ1v) is 7.43. The number of anilines is 2. The highest BCUT2D eigenvalue weighted by molar-refractivity contribution is 6.48. The van der Waals surface area contributed by atoms with Crippen LogP contribution in [-0.4, -0.2) is 6.03 Å². The molecule has 0 saturated carbocycles. The van der Waals surface area contributed by atoms with Gasteiger partial charge in [-0.05, 0) is 30.3 Å². The highest BCUT2D eigenvalue weighted by Gasteiger charge is 2.09. The van der Waals surface area contributed by atoms with Crippen LogP contribution in [0.3, 0.4) is 0 Å². The molecule has 0 aliphatic rings. The van der Waals surface area contributed by atoms with Gasteiger partial charge in [0.25, 0.3) is 0 Å². The van der Waals surface area contributed by atoms with E-state index < -0.39 is 6.03 Å². The number of benzene rings is 2. The van der Waals surface area contributed by atoms with Crippen LogP contribution in [-0.2, 0) is 0 Å². The van der Waals surface area contributed by atoms with Crippen molar-refractivity contribution in [2.75, 3.05) is 10.6 Å². The molecule has 0 aliphatic heterocycles. The van der Waals surface area contributed by atoms with Gasteiger partial charge < -0.3 is 10.6 Å². The van der Waals surface area contributed by atoms with Crippen LogP contribution in [0.5, 0.6) is 0 Å². The Bertz CT molecular complexity index is 662. The molecule has 0 aliphatic carbocycles. The smallest absolute Gasteiger partial charge is 0.308 e. The molecule has 0 bridgehead atoms. The maximum Gasteiger partial charge on any atom is 0.323 e. The minimum Gasteiger partial charge on any atom is -0.308 e. The summed E-state index contributed by atoms with van der Waals surface area (Å²) >= 11 is 29.3. The fourth-order valence-electron chi connectivity index (χ4n) is 1.55. The molecule has 2 aromatic rings. The normalized spacial score (nSPS) is 10.3. The van der Waals surface area contributed by atoms with E-state index in [9.17, 15) is 4.79 Å². The third-order valence-corrected chi connectivity index (χ3v) is 4.00. The average Bonchev–Trinajstić information content (AvgIpc) is 2.34. The fraction of sp³-hybridized carbons (Fsp3) is 0. The summed E-state index contributed by atoms with van der Waals surface area (Å²) in [6.45, 7) is 0. The van der Waals surface area contributed by atoms with Crippen LogP contribution in [0.25, 0.3) is 0 Å². The van der Waals surface area contributed by atoms with Crippen molar-refractivity contribution in [3.05, 3.63) is 55.4 Å². The molecule has 2 rings (SSSR count). The lowest BCUT2D eigenvalue weighted by atomic mass is 10.3. The van der Waals surface area contributed by atoms with Gasteiger partial charge in [-0.15, -0.1) is 0 Å². The zero-order valence-corrected chi connectivity index (χ0v) is 14.0. The molecule has 0 radical (unpaired) electrons. The summed E-state index contributed by atoms with van der Waals surface area (Å²) in [7, 11) is 0. The third-order valence-electron chi connectivity index (χ3n) is 2.36. The number of hydrogen-bond acceptors (Lipinski definition) is 1. The predicted octanol–water partition coefficient (Wildman–Crippen LogP) is 6.60. The van der Waals surface area contributed by atoms with E-state index in [0.29, 0.717) is 21.4 Å². The van der Waals surface area contributed by atoms with Gasteiger partial charge >= 0.3 is 6.03 Å². The number of urea groups is 1. The molecule has 0 spiro atoms. The largest absolute Gasteiger partial charge is 0.323 e. The average molecular weight is 384 g/mol. The van der Waals surface area contributed by atoms with E-state index in [1.165, 1.54) is 12.1 Å². The molecule has 3 nitrogen and oxygen atoms in total. The van der Waals surface area contributed by atoms with Crippen LogP contribution in [0.1, 0.15) is 0 Å². The molecule has 0 saturated heterocycles. The number of carbonyl (C=O) groups is 1. The summed E-state index contributed by atoms with van der Waals surface area (Å²) in [5.74, 6) is 0. The van der Waals surface area contributed by atoms with Gasteiger partial charge in [0, 0.05) is 21.4 Å². The van der Waals surface area contributed by atoms with Gasteiger partial charge in [0.05, 0.1) is 15.1 Å². The Morgan fingerprint density at radius 2 is 1.14 bits per heavy atom.